The van der Waals surface area contributed by atoms with Crippen LogP contribution < -0.4 is 4.72 Å². The average Bonchev–Trinajstić information content (AvgIpc) is 2.75. The van der Waals surface area contributed by atoms with Gasteiger partial charge in [0.2, 0.25) is 10.0 Å². The fourth-order valence-corrected chi connectivity index (χ4v) is 3.04. The molecule has 0 aromatic carbocycles. The van der Waals surface area contributed by atoms with Gasteiger partial charge in [0.1, 0.15) is 4.90 Å². The number of carboxylic acids is 1. The van der Waals surface area contributed by atoms with Gasteiger partial charge in [0.25, 0.3) is 0 Å². The van der Waals surface area contributed by atoms with Gasteiger partial charge in [-0.3, -0.25) is 9.48 Å². The number of hydrogen-bond acceptors (Lipinski definition) is 4. The molecular formula is C12H21N3O4S. The Morgan fingerprint density at radius 3 is 2.60 bits per heavy atom. The Morgan fingerprint density at radius 2 is 2.10 bits per heavy atom. The SMILES string of the molecule is CC(CCCC(C)C(=O)O)NS(=O)(=O)c1cnn(C)c1. The molecule has 0 aliphatic carbocycles. The van der Waals surface area contributed by atoms with Gasteiger partial charge < -0.3 is 5.11 Å². The number of nitrogens with zero attached hydrogens (tertiary/aromatic N) is 2. The van der Waals surface area contributed by atoms with Crippen LogP contribution in [0.15, 0.2) is 17.3 Å². The Bertz CT molecular complexity index is 553. The molecule has 7 nitrogen and oxygen atoms in total. The molecule has 0 amide bonds. The van der Waals surface area contributed by atoms with E-state index in [9.17, 15) is 13.2 Å². The van der Waals surface area contributed by atoms with Crippen LogP contribution in [0.3, 0.4) is 0 Å². The summed E-state index contributed by atoms with van der Waals surface area (Å²) >= 11 is 0. The van der Waals surface area contributed by atoms with E-state index in [1.807, 2.05) is 0 Å². The number of carboxylic acid groups (broad SMARTS) is 1. The molecule has 1 heterocycles. The fourth-order valence-electron chi connectivity index (χ4n) is 1.78. The topological polar surface area (TPSA) is 101 Å². The zero-order valence-corrected chi connectivity index (χ0v) is 12.7. The first-order valence-electron chi connectivity index (χ1n) is 6.46. The van der Waals surface area contributed by atoms with Crippen molar-refractivity contribution in [3.05, 3.63) is 12.4 Å². The second-order valence-corrected chi connectivity index (χ2v) is 6.76. The lowest BCUT2D eigenvalue weighted by Crippen LogP contribution is -2.32. The molecule has 1 rings (SSSR count). The van der Waals surface area contributed by atoms with E-state index in [1.165, 1.54) is 17.1 Å². The predicted octanol–water partition coefficient (Wildman–Crippen LogP) is 0.978. The first-order valence-corrected chi connectivity index (χ1v) is 7.94. The van der Waals surface area contributed by atoms with E-state index in [2.05, 4.69) is 9.82 Å². The summed E-state index contributed by atoms with van der Waals surface area (Å²) in [5, 5.41) is 12.6. The minimum absolute atomic E-state index is 0.130. The van der Waals surface area contributed by atoms with Crippen LogP contribution in [0.4, 0.5) is 0 Å². The van der Waals surface area contributed by atoms with E-state index >= 15 is 0 Å². The average molecular weight is 303 g/mol. The highest BCUT2D eigenvalue weighted by atomic mass is 32.2. The number of nitrogens with one attached hydrogen (secondary N) is 1. The molecule has 0 aliphatic heterocycles. The molecule has 0 bridgehead atoms. The van der Waals surface area contributed by atoms with E-state index in [-0.39, 0.29) is 10.9 Å². The summed E-state index contributed by atoms with van der Waals surface area (Å²) in [6.45, 7) is 3.41. The van der Waals surface area contributed by atoms with Crippen LogP contribution in [0.1, 0.15) is 33.1 Å². The third kappa shape index (κ3) is 4.93. The van der Waals surface area contributed by atoms with Crippen LogP contribution in [0.5, 0.6) is 0 Å². The number of hydrogen-bond donors (Lipinski definition) is 2. The van der Waals surface area contributed by atoms with E-state index < -0.39 is 21.9 Å². The molecule has 1 aromatic rings. The molecule has 0 aliphatic rings. The molecule has 0 radical (unpaired) electrons. The highest BCUT2D eigenvalue weighted by Crippen LogP contribution is 2.12. The van der Waals surface area contributed by atoms with Crippen molar-refractivity contribution < 1.29 is 18.3 Å². The Balaban J connectivity index is 2.46. The largest absolute Gasteiger partial charge is 0.481 e. The number of carbonyl (C=O) groups is 1. The molecule has 1 aromatic heterocycles. The molecule has 0 fully saturated rings. The third-order valence-corrected chi connectivity index (χ3v) is 4.59. The summed E-state index contributed by atoms with van der Waals surface area (Å²) in [4.78, 5) is 10.8. The van der Waals surface area contributed by atoms with E-state index in [0.717, 1.165) is 0 Å². The molecule has 0 spiro atoms. The first-order chi connectivity index (χ1) is 9.22. The normalized spacial score (nSPS) is 14.9. The van der Waals surface area contributed by atoms with Crippen molar-refractivity contribution >= 4 is 16.0 Å². The van der Waals surface area contributed by atoms with Gasteiger partial charge in [0.15, 0.2) is 0 Å². The van der Waals surface area contributed by atoms with E-state index in [4.69, 9.17) is 5.11 Å². The van der Waals surface area contributed by atoms with Gasteiger partial charge in [0, 0.05) is 19.3 Å². The van der Waals surface area contributed by atoms with Crippen LogP contribution in [0, 0.1) is 5.92 Å². The van der Waals surface area contributed by atoms with E-state index in [0.29, 0.717) is 19.3 Å². The molecular weight excluding hydrogens is 282 g/mol. The Kier molecular flexibility index (Phi) is 5.70. The first kappa shape index (κ1) is 16.6. The number of rotatable bonds is 8. The van der Waals surface area contributed by atoms with Crippen LogP contribution in [-0.4, -0.2) is 35.3 Å². The standard InChI is InChI=1S/C12H21N3O4S/c1-9(12(16)17)5-4-6-10(2)14-20(18,19)11-7-13-15(3)8-11/h7-10,14H,4-6H2,1-3H3,(H,16,17). The van der Waals surface area contributed by atoms with Crippen LogP contribution in [0.25, 0.3) is 0 Å². The second-order valence-electron chi connectivity index (χ2n) is 5.04. The van der Waals surface area contributed by atoms with Crippen LogP contribution in [-0.2, 0) is 21.9 Å². The van der Waals surface area contributed by atoms with Gasteiger partial charge in [-0.25, -0.2) is 13.1 Å². The van der Waals surface area contributed by atoms with Gasteiger partial charge in [-0.1, -0.05) is 13.3 Å². The zero-order chi connectivity index (χ0) is 15.3. The van der Waals surface area contributed by atoms with Gasteiger partial charge in [-0.2, -0.15) is 5.10 Å². The fraction of sp³-hybridized carbons (Fsp3) is 0.667. The minimum Gasteiger partial charge on any atom is -0.481 e. The van der Waals surface area contributed by atoms with Crippen molar-refractivity contribution in [2.24, 2.45) is 13.0 Å². The van der Waals surface area contributed by atoms with Gasteiger partial charge >= 0.3 is 5.97 Å². The molecule has 0 saturated carbocycles. The van der Waals surface area contributed by atoms with Crippen LogP contribution >= 0.6 is 0 Å². The molecule has 2 unspecified atom stereocenters. The summed E-state index contributed by atoms with van der Waals surface area (Å²) in [5.41, 5.74) is 0. The van der Waals surface area contributed by atoms with Gasteiger partial charge in [-0.15, -0.1) is 0 Å². The van der Waals surface area contributed by atoms with E-state index in [1.54, 1.807) is 20.9 Å². The number of aliphatic carboxylic acids is 1. The third-order valence-electron chi connectivity index (χ3n) is 3.04. The summed E-state index contributed by atoms with van der Waals surface area (Å²) in [7, 11) is -1.91. The summed E-state index contributed by atoms with van der Waals surface area (Å²) in [6, 6.07) is -0.249. The lowest BCUT2D eigenvalue weighted by Gasteiger charge is -2.14. The number of aryl methyl sites for hydroxylation is 1. The smallest absolute Gasteiger partial charge is 0.306 e. The molecule has 8 heteroatoms. The van der Waals surface area contributed by atoms with Crippen LogP contribution in [0.2, 0.25) is 0 Å². The Morgan fingerprint density at radius 1 is 1.45 bits per heavy atom. The van der Waals surface area contributed by atoms with Crippen molar-refractivity contribution in [2.75, 3.05) is 0 Å². The van der Waals surface area contributed by atoms with Crippen molar-refractivity contribution in [1.29, 1.82) is 0 Å². The van der Waals surface area contributed by atoms with Crippen molar-refractivity contribution in [2.45, 2.75) is 44.0 Å². The second kappa shape index (κ2) is 6.85. The summed E-state index contributed by atoms with van der Waals surface area (Å²) in [5.74, 6) is -1.23. The molecule has 2 N–H and O–H groups in total. The van der Waals surface area contributed by atoms with Crippen molar-refractivity contribution in [3.63, 3.8) is 0 Å². The van der Waals surface area contributed by atoms with Crippen molar-refractivity contribution in [3.8, 4) is 0 Å². The maximum atomic E-state index is 12.0. The zero-order valence-electron chi connectivity index (χ0n) is 11.9. The monoisotopic (exact) mass is 303 g/mol. The minimum atomic E-state index is -3.56. The maximum absolute atomic E-state index is 12.0. The quantitative estimate of drug-likeness (QED) is 0.745. The summed E-state index contributed by atoms with van der Waals surface area (Å²) in [6.07, 6.45) is 4.51. The maximum Gasteiger partial charge on any atom is 0.306 e. The molecule has 20 heavy (non-hydrogen) atoms. The summed E-state index contributed by atoms with van der Waals surface area (Å²) < 4.78 is 28.0. The Hall–Kier alpha value is -1.41. The lowest BCUT2D eigenvalue weighted by molar-refractivity contribution is -0.141. The molecule has 114 valence electrons. The number of aromatic nitrogens is 2. The molecule has 2 atom stereocenters. The lowest BCUT2D eigenvalue weighted by atomic mass is 10.0. The number of sulfonamides is 1. The highest BCUT2D eigenvalue weighted by molar-refractivity contribution is 7.89. The predicted molar refractivity (Wildman–Crippen MR) is 73.6 cm³/mol. The van der Waals surface area contributed by atoms with Crippen molar-refractivity contribution in [1.82, 2.24) is 14.5 Å². The molecule has 0 saturated heterocycles. The van der Waals surface area contributed by atoms with Gasteiger partial charge in [0.05, 0.1) is 12.1 Å². The Labute approximate surface area is 119 Å². The highest BCUT2D eigenvalue weighted by Gasteiger charge is 2.19. The van der Waals surface area contributed by atoms with Gasteiger partial charge in [-0.05, 0) is 19.8 Å².